The van der Waals surface area contributed by atoms with Crippen LogP contribution in [0.15, 0.2) is 11.4 Å². The zero-order valence-corrected chi connectivity index (χ0v) is 17.0. The molecule has 6 nitrogen and oxygen atoms in total. The average molecular weight is 416 g/mol. The van der Waals surface area contributed by atoms with E-state index in [0.29, 0.717) is 49.8 Å². The van der Waals surface area contributed by atoms with Crippen molar-refractivity contribution in [2.24, 2.45) is 5.41 Å². The van der Waals surface area contributed by atoms with Crippen LogP contribution in [-0.4, -0.2) is 74.0 Å². The van der Waals surface area contributed by atoms with Gasteiger partial charge >= 0.3 is 0 Å². The fourth-order valence-electron chi connectivity index (χ4n) is 4.19. The zero-order valence-electron chi connectivity index (χ0n) is 16.2. The van der Waals surface area contributed by atoms with Crippen molar-refractivity contribution < 1.29 is 27.8 Å². The van der Waals surface area contributed by atoms with Crippen molar-refractivity contribution in [3.8, 4) is 5.75 Å². The molecule has 1 unspecified atom stereocenters. The minimum absolute atomic E-state index is 0.00715. The predicted octanol–water partition coefficient (Wildman–Crippen LogP) is 2.88. The summed E-state index contributed by atoms with van der Waals surface area (Å²) in [7, 11) is 1.54. The van der Waals surface area contributed by atoms with E-state index in [0.717, 1.165) is 4.90 Å². The summed E-state index contributed by atoms with van der Waals surface area (Å²) in [4.78, 5) is 29.1. The second-order valence-electron chi connectivity index (χ2n) is 7.41. The van der Waals surface area contributed by atoms with E-state index in [2.05, 4.69) is 0 Å². The van der Waals surface area contributed by atoms with Crippen LogP contribution in [0.4, 0.5) is 8.78 Å². The third kappa shape index (κ3) is 4.15. The van der Waals surface area contributed by atoms with Gasteiger partial charge in [0.05, 0.1) is 25.2 Å². The van der Waals surface area contributed by atoms with E-state index in [4.69, 9.17) is 9.47 Å². The molecule has 1 spiro atoms. The predicted molar refractivity (Wildman–Crippen MR) is 101 cm³/mol. The Morgan fingerprint density at radius 1 is 1.36 bits per heavy atom. The average Bonchev–Trinajstić information content (AvgIpc) is 3.10. The van der Waals surface area contributed by atoms with Gasteiger partial charge in [0.1, 0.15) is 10.6 Å². The Hall–Kier alpha value is -1.74. The van der Waals surface area contributed by atoms with Crippen LogP contribution in [0.25, 0.3) is 0 Å². The summed E-state index contributed by atoms with van der Waals surface area (Å²) >= 11 is 1.17. The Morgan fingerprint density at radius 2 is 2.14 bits per heavy atom. The summed E-state index contributed by atoms with van der Waals surface area (Å²) in [5, 5.41) is 1.70. The number of carbonyl (C=O) groups is 2. The van der Waals surface area contributed by atoms with Crippen LogP contribution in [0.2, 0.25) is 0 Å². The van der Waals surface area contributed by atoms with Crippen molar-refractivity contribution in [2.75, 3.05) is 46.5 Å². The lowest BCUT2D eigenvalue weighted by Gasteiger charge is -2.49. The van der Waals surface area contributed by atoms with Crippen LogP contribution in [0.5, 0.6) is 5.75 Å². The maximum Gasteiger partial charge on any atom is 0.267 e. The van der Waals surface area contributed by atoms with Crippen molar-refractivity contribution in [2.45, 2.75) is 32.1 Å². The minimum Gasteiger partial charge on any atom is -0.492 e. The molecule has 9 heteroatoms. The molecule has 0 N–H and O–H groups in total. The zero-order chi connectivity index (χ0) is 20.4. The third-order valence-electron chi connectivity index (χ3n) is 5.31. The van der Waals surface area contributed by atoms with Gasteiger partial charge in [-0.05, 0) is 31.2 Å². The number of rotatable bonds is 6. The second kappa shape index (κ2) is 8.32. The van der Waals surface area contributed by atoms with E-state index in [9.17, 15) is 18.4 Å². The Bertz CT molecular complexity index is 727. The number of alkyl halides is 2. The molecule has 3 heterocycles. The Morgan fingerprint density at radius 3 is 2.86 bits per heavy atom. The molecule has 2 fully saturated rings. The molecule has 2 aliphatic rings. The van der Waals surface area contributed by atoms with Gasteiger partial charge in [-0.15, -0.1) is 11.3 Å². The standard InChI is InChI=1S/C19H26F2N2O4S/c1-3-27-14-5-10-28-15(14)16(24)23-12-18(11-19(20,21)13-23)6-4-7-22(17(18)25)8-9-26-2/h5,10H,3-4,6-9,11-13H2,1-2H3. The fourth-order valence-corrected chi connectivity index (χ4v) is 5.00. The van der Waals surface area contributed by atoms with E-state index in [1.54, 1.807) is 23.3 Å². The number of hydrogen-bond acceptors (Lipinski definition) is 5. The Balaban J connectivity index is 1.85. The molecule has 0 aliphatic carbocycles. The first-order valence-corrected chi connectivity index (χ1v) is 10.4. The number of ether oxygens (including phenoxy) is 2. The van der Waals surface area contributed by atoms with Gasteiger partial charge < -0.3 is 19.3 Å². The highest BCUT2D eigenvalue weighted by Crippen LogP contribution is 2.46. The van der Waals surface area contributed by atoms with Crippen molar-refractivity contribution >= 4 is 23.2 Å². The normalized spacial score (nSPS) is 24.6. The van der Waals surface area contributed by atoms with Gasteiger partial charge in [-0.25, -0.2) is 8.78 Å². The molecule has 0 radical (unpaired) electrons. The molecule has 2 amide bonds. The molecule has 1 aromatic rings. The number of piperidine rings is 2. The lowest BCUT2D eigenvalue weighted by molar-refractivity contribution is -0.166. The number of likely N-dealkylation sites (tertiary alicyclic amines) is 2. The number of nitrogens with zero attached hydrogens (tertiary/aromatic N) is 2. The number of halogens is 2. The molecule has 156 valence electrons. The molecular weight excluding hydrogens is 390 g/mol. The highest BCUT2D eigenvalue weighted by Gasteiger charge is 2.56. The molecular formula is C19H26F2N2O4S. The van der Waals surface area contributed by atoms with Gasteiger partial charge in [-0.2, -0.15) is 0 Å². The topological polar surface area (TPSA) is 59.1 Å². The Labute approximate surface area is 167 Å². The molecule has 1 atom stereocenters. The lowest BCUT2D eigenvalue weighted by atomic mass is 9.71. The van der Waals surface area contributed by atoms with Gasteiger partial charge in [-0.1, -0.05) is 0 Å². The van der Waals surface area contributed by atoms with E-state index in [1.807, 2.05) is 0 Å². The molecule has 0 bridgehead atoms. The highest BCUT2D eigenvalue weighted by molar-refractivity contribution is 7.12. The fraction of sp³-hybridized carbons (Fsp3) is 0.684. The van der Waals surface area contributed by atoms with E-state index >= 15 is 0 Å². The molecule has 0 saturated carbocycles. The lowest BCUT2D eigenvalue weighted by Crippen LogP contribution is -2.62. The number of thiophene rings is 1. The maximum atomic E-state index is 14.7. The van der Waals surface area contributed by atoms with Crippen molar-refractivity contribution in [3.05, 3.63) is 16.3 Å². The largest absolute Gasteiger partial charge is 0.492 e. The van der Waals surface area contributed by atoms with Crippen LogP contribution >= 0.6 is 11.3 Å². The summed E-state index contributed by atoms with van der Waals surface area (Å²) in [6.45, 7) is 2.76. The molecule has 1 aromatic heterocycles. The smallest absolute Gasteiger partial charge is 0.267 e. The molecule has 3 rings (SSSR count). The van der Waals surface area contributed by atoms with Crippen LogP contribution in [-0.2, 0) is 9.53 Å². The highest BCUT2D eigenvalue weighted by atomic mass is 32.1. The molecule has 2 saturated heterocycles. The summed E-state index contributed by atoms with van der Waals surface area (Å²) in [6, 6.07) is 1.66. The van der Waals surface area contributed by atoms with E-state index in [1.165, 1.54) is 18.4 Å². The molecule has 2 aliphatic heterocycles. The first-order valence-electron chi connectivity index (χ1n) is 9.47. The van der Waals surface area contributed by atoms with E-state index < -0.39 is 30.2 Å². The number of amides is 2. The van der Waals surface area contributed by atoms with Crippen molar-refractivity contribution in [3.63, 3.8) is 0 Å². The van der Waals surface area contributed by atoms with Gasteiger partial charge in [0, 0.05) is 33.2 Å². The quantitative estimate of drug-likeness (QED) is 0.716. The molecule has 28 heavy (non-hydrogen) atoms. The van der Waals surface area contributed by atoms with Gasteiger partial charge in [0.25, 0.3) is 11.8 Å². The summed E-state index contributed by atoms with van der Waals surface area (Å²) in [5.41, 5.74) is -1.24. The van der Waals surface area contributed by atoms with Crippen LogP contribution in [0, 0.1) is 5.41 Å². The second-order valence-corrected chi connectivity index (χ2v) is 8.33. The summed E-state index contributed by atoms with van der Waals surface area (Å²) in [6.07, 6.45) is 0.475. The minimum atomic E-state index is -3.11. The van der Waals surface area contributed by atoms with E-state index in [-0.39, 0.29) is 12.5 Å². The van der Waals surface area contributed by atoms with Crippen molar-refractivity contribution in [1.82, 2.24) is 9.80 Å². The third-order valence-corrected chi connectivity index (χ3v) is 6.20. The van der Waals surface area contributed by atoms with Crippen LogP contribution < -0.4 is 4.74 Å². The monoisotopic (exact) mass is 416 g/mol. The number of hydrogen-bond donors (Lipinski definition) is 0. The molecule has 0 aromatic carbocycles. The summed E-state index contributed by atoms with van der Waals surface area (Å²) < 4.78 is 39.8. The summed E-state index contributed by atoms with van der Waals surface area (Å²) in [5.74, 6) is -3.52. The Kier molecular flexibility index (Phi) is 6.24. The number of carbonyl (C=O) groups excluding carboxylic acids is 2. The van der Waals surface area contributed by atoms with Crippen LogP contribution in [0.3, 0.4) is 0 Å². The first-order chi connectivity index (χ1) is 13.3. The SMILES string of the molecule is CCOc1ccsc1C(=O)N1CC(F)(F)CC2(CCCN(CCOC)C2=O)C1. The van der Waals surface area contributed by atoms with Gasteiger partial charge in [0.2, 0.25) is 5.91 Å². The number of methoxy groups -OCH3 is 1. The van der Waals surface area contributed by atoms with Crippen molar-refractivity contribution in [1.29, 1.82) is 0 Å². The van der Waals surface area contributed by atoms with Gasteiger partial charge in [-0.3, -0.25) is 9.59 Å². The van der Waals surface area contributed by atoms with Gasteiger partial charge in [0.15, 0.2) is 0 Å². The maximum absolute atomic E-state index is 14.7. The first kappa shape index (κ1) is 21.0. The van der Waals surface area contributed by atoms with Crippen LogP contribution in [0.1, 0.15) is 35.9 Å².